The molecule has 0 aromatic rings. The third-order valence-electron chi connectivity index (χ3n) is 2.19. The van der Waals surface area contributed by atoms with Gasteiger partial charge < -0.3 is 5.73 Å². The van der Waals surface area contributed by atoms with E-state index in [0.29, 0.717) is 19.3 Å². The summed E-state index contributed by atoms with van der Waals surface area (Å²) in [6, 6.07) is -0.260. The van der Waals surface area contributed by atoms with Gasteiger partial charge in [-0.15, -0.1) is 0 Å². The van der Waals surface area contributed by atoms with Gasteiger partial charge in [0, 0.05) is 12.5 Å². The molecule has 3 N–H and O–H groups in total. The zero-order chi connectivity index (χ0) is 10.8. The van der Waals surface area contributed by atoms with Crippen molar-refractivity contribution in [1.82, 2.24) is 4.72 Å². The van der Waals surface area contributed by atoms with E-state index in [9.17, 15) is 13.2 Å². The van der Waals surface area contributed by atoms with Crippen LogP contribution in [0.3, 0.4) is 0 Å². The molecule has 82 valence electrons. The van der Waals surface area contributed by atoms with Gasteiger partial charge in [-0.2, -0.15) is 0 Å². The molecule has 0 spiro atoms. The molecule has 1 aliphatic rings. The van der Waals surface area contributed by atoms with Gasteiger partial charge in [0.2, 0.25) is 15.9 Å². The predicted octanol–water partition coefficient (Wildman–Crippen LogP) is -0.278. The van der Waals surface area contributed by atoms with Crippen LogP contribution in [-0.4, -0.2) is 25.6 Å². The van der Waals surface area contributed by atoms with Gasteiger partial charge in [-0.3, -0.25) is 9.52 Å². The smallest absolute Gasteiger partial charge is 0.237 e. The quantitative estimate of drug-likeness (QED) is 0.667. The van der Waals surface area contributed by atoms with Gasteiger partial charge in [-0.05, 0) is 19.3 Å². The summed E-state index contributed by atoms with van der Waals surface area (Å²) in [7, 11) is -3.40. The van der Waals surface area contributed by atoms with Crippen LogP contribution in [-0.2, 0) is 14.8 Å². The molecule has 5 nitrogen and oxygen atoms in total. The summed E-state index contributed by atoms with van der Waals surface area (Å²) in [5.74, 6) is -0.494. The van der Waals surface area contributed by atoms with Crippen molar-refractivity contribution in [2.75, 3.05) is 0 Å². The Labute approximate surface area is 84.1 Å². The van der Waals surface area contributed by atoms with Crippen LogP contribution >= 0.6 is 0 Å². The summed E-state index contributed by atoms with van der Waals surface area (Å²) in [4.78, 5) is 11.2. The fourth-order valence-corrected chi connectivity index (χ4v) is 2.37. The number of hydrogen-bond donors (Lipinski definition) is 2. The van der Waals surface area contributed by atoms with E-state index in [4.69, 9.17) is 5.73 Å². The largest absolute Gasteiger partial charge is 0.327 e. The van der Waals surface area contributed by atoms with Gasteiger partial charge in [0.25, 0.3) is 0 Å². The average Bonchev–Trinajstić information content (AvgIpc) is 2.84. The standard InChI is InChI=1S/C8H16N2O3S/c1-2-6(9)5-8(11)10-14(12,13)7-3-4-7/h6-7H,2-5,9H2,1H3,(H,10,11). The van der Waals surface area contributed by atoms with Gasteiger partial charge in [-0.25, -0.2) is 8.42 Å². The number of carbonyl (C=O) groups is 1. The van der Waals surface area contributed by atoms with Crippen molar-refractivity contribution < 1.29 is 13.2 Å². The second-order valence-corrected chi connectivity index (χ2v) is 5.60. The maximum absolute atomic E-state index is 11.3. The maximum atomic E-state index is 11.3. The molecule has 0 aromatic carbocycles. The van der Waals surface area contributed by atoms with Crippen molar-refractivity contribution in [3.8, 4) is 0 Å². The number of nitrogens with one attached hydrogen (secondary N) is 1. The number of carbonyl (C=O) groups excluding carboxylic acids is 1. The molecular weight excluding hydrogens is 204 g/mol. The van der Waals surface area contributed by atoms with E-state index in [1.807, 2.05) is 11.6 Å². The molecule has 1 amide bonds. The number of nitrogens with two attached hydrogens (primary N) is 1. The van der Waals surface area contributed by atoms with E-state index in [-0.39, 0.29) is 17.7 Å². The van der Waals surface area contributed by atoms with Crippen molar-refractivity contribution in [3.05, 3.63) is 0 Å². The van der Waals surface area contributed by atoms with E-state index in [1.54, 1.807) is 0 Å². The predicted molar refractivity (Wildman–Crippen MR) is 53.0 cm³/mol. The molecule has 0 saturated heterocycles. The number of amides is 1. The first-order valence-corrected chi connectivity index (χ1v) is 6.30. The molecule has 0 bridgehead atoms. The van der Waals surface area contributed by atoms with Crippen molar-refractivity contribution in [2.45, 2.75) is 43.9 Å². The highest BCUT2D eigenvalue weighted by Crippen LogP contribution is 2.27. The van der Waals surface area contributed by atoms with Crippen LogP contribution in [0.1, 0.15) is 32.6 Å². The topological polar surface area (TPSA) is 89.3 Å². The monoisotopic (exact) mass is 220 g/mol. The minimum Gasteiger partial charge on any atom is -0.327 e. The van der Waals surface area contributed by atoms with E-state index < -0.39 is 15.9 Å². The summed E-state index contributed by atoms with van der Waals surface area (Å²) in [6.45, 7) is 1.85. The third kappa shape index (κ3) is 3.26. The number of sulfonamides is 1. The lowest BCUT2D eigenvalue weighted by Gasteiger charge is -2.09. The zero-order valence-electron chi connectivity index (χ0n) is 8.19. The number of hydrogen-bond acceptors (Lipinski definition) is 4. The van der Waals surface area contributed by atoms with Crippen LogP contribution in [0, 0.1) is 0 Å². The summed E-state index contributed by atoms with van der Waals surface area (Å²) < 4.78 is 24.6. The average molecular weight is 220 g/mol. The Bertz CT molecular complexity index is 309. The molecule has 0 aromatic heterocycles. The highest BCUT2D eigenvalue weighted by Gasteiger charge is 2.36. The first-order valence-electron chi connectivity index (χ1n) is 4.75. The van der Waals surface area contributed by atoms with E-state index >= 15 is 0 Å². The van der Waals surface area contributed by atoms with Gasteiger partial charge in [-0.1, -0.05) is 6.92 Å². The van der Waals surface area contributed by atoms with Crippen molar-refractivity contribution >= 4 is 15.9 Å². The first-order chi connectivity index (χ1) is 6.45. The minimum atomic E-state index is -3.40. The van der Waals surface area contributed by atoms with Crippen LogP contribution in [0.5, 0.6) is 0 Å². The molecule has 1 aliphatic carbocycles. The van der Waals surface area contributed by atoms with Crippen LogP contribution in [0.25, 0.3) is 0 Å². The Hall–Kier alpha value is -0.620. The lowest BCUT2D eigenvalue weighted by Crippen LogP contribution is -2.36. The summed E-state index contributed by atoms with van der Waals surface area (Å²) >= 11 is 0. The fourth-order valence-electron chi connectivity index (χ4n) is 1.04. The molecule has 1 rings (SSSR count). The first kappa shape index (κ1) is 11.5. The molecule has 1 unspecified atom stereocenters. The van der Waals surface area contributed by atoms with Crippen molar-refractivity contribution in [1.29, 1.82) is 0 Å². The Morgan fingerprint density at radius 2 is 2.14 bits per heavy atom. The molecule has 6 heteroatoms. The lowest BCUT2D eigenvalue weighted by atomic mass is 10.2. The molecule has 0 heterocycles. The molecule has 1 fully saturated rings. The fraction of sp³-hybridized carbons (Fsp3) is 0.875. The summed E-state index contributed by atoms with van der Waals surface area (Å²) in [5, 5.41) is -0.357. The molecule has 1 saturated carbocycles. The molecule has 1 atom stereocenters. The molecular formula is C8H16N2O3S. The minimum absolute atomic E-state index is 0.0719. The Kier molecular flexibility index (Phi) is 3.49. The Morgan fingerprint density at radius 3 is 2.57 bits per heavy atom. The second-order valence-electron chi connectivity index (χ2n) is 3.64. The van der Waals surface area contributed by atoms with Gasteiger partial charge in [0.15, 0.2) is 0 Å². The maximum Gasteiger partial charge on any atom is 0.237 e. The van der Waals surface area contributed by atoms with Crippen molar-refractivity contribution in [2.24, 2.45) is 5.73 Å². The lowest BCUT2D eigenvalue weighted by molar-refractivity contribution is -0.119. The third-order valence-corrected chi connectivity index (χ3v) is 4.05. The SMILES string of the molecule is CCC(N)CC(=O)NS(=O)(=O)C1CC1. The van der Waals surface area contributed by atoms with Crippen LogP contribution in [0.4, 0.5) is 0 Å². The molecule has 0 aliphatic heterocycles. The van der Waals surface area contributed by atoms with E-state index in [1.165, 1.54) is 0 Å². The summed E-state index contributed by atoms with van der Waals surface area (Å²) in [6.07, 6.45) is 2.05. The van der Waals surface area contributed by atoms with Gasteiger partial charge >= 0.3 is 0 Å². The Morgan fingerprint density at radius 1 is 1.57 bits per heavy atom. The number of rotatable bonds is 5. The van der Waals surface area contributed by atoms with E-state index in [0.717, 1.165) is 0 Å². The second kappa shape index (κ2) is 4.27. The highest BCUT2D eigenvalue weighted by molar-refractivity contribution is 7.90. The normalized spacial score (nSPS) is 19.0. The van der Waals surface area contributed by atoms with E-state index in [2.05, 4.69) is 0 Å². The zero-order valence-corrected chi connectivity index (χ0v) is 9.01. The Balaban J connectivity index is 2.40. The van der Waals surface area contributed by atoms with Gasteiger partial charge in [0.05, 0.1) is 5.25 Å². The summed E-state index contributed by atoms with van der Waals surface area (Å²) in [5.41, 5.74) is 5.53. The van der Waals surface area contributed by atoms with Crippen LogP contribution in [0.15, 0.2) is 0 Å². The highest BCUT2D eigenvalue weighted by atomic mass is 32.2. The van der Waals surface area contributed by atoms with Crippen LogP contribution < -0.4 is 10.5 Å². The molecule has 14 heavy (non-hydrogen) atoms. The van der Waals surface area contributed by atoms with Gasteiger partial charge in [0.1, 0.15) is 0 Å². The molecule has 0 radical (unpaired) electrons. The van der Waals surface area contributed by atoms with Crippen LogP contribution in [0.2, 0.25) is 0 Å². The van der Waals surface area contributed by atoms with Crippen molar-refractivity contribution in [3.63, 3.8) is 0 Å².